The van der Waals surface area contributed by atoms with Crippen molar-refractivity contribution >= 4 is 11.7 Å². The van der Waals surface area contributed by atoms with E-state index >= 15 is 0 Å². The summed E-state index contributed by atoms with van der Waals surface area (Å²) in [5.41, 5.74) is 6.40. The van der Waals surface area contributed by atoms with Gasteiger partial charge in [-0.15, -0.1) is 0 Å². The Morgan fingerprint density at radius 1 is 1.22 bits per heavy atom. The van der Waals surface area contributed by atoms with Crippen molar-refractivity contribution in [1.82, 2.24) is 15.1 Å². The van der Waals surface area contributed by atoms with E-state index < -0.39 is 54.4 Å². The molecule has 202 valence electrons. The molecule has 2 atom stereocenters. The van der Waals surface area contributed by atoms with E-state index in [0.717, 1.165) is 11.1 Å². The van der Waals surface area contributed by atoms with Crippen LogP contribution in [-0.2, 0) is 16.1 Å². The predicted molar refractivity (Wildman–Crippen MR) is 123 cm³/mol. The molecule has 0 aliphatic carbocycles. The fraction of sp³-hybridized carbons (Fsp3) is 0.520. The highest BCUT2D eigenvalue weighted by Gasteiger charge is 2.42. The van der Waals surface area contributed by atoms with Gasteiger partial charge in [-0.1, -0.05) is 12.1 Å². The summed E-state index contributed by atoms with van der Waals surface area (Å²) in [5.74, 6) is -4.26. The first-order chi connectivity index (χ1) is 17.3. The lowest BCUT2D eigenvalue weighted by molar-refractivity contribution is -0.147. The van der Waals surface area contributed by atoms with Crippen LogP contribution in [0.3, 0.4) is 0 Å². The van der Waals surface area contributed by atoms with Crippen molar-refractivity contribution in [3.63, 3.8) is 0 Å². The van der Waals surface area contributed by atoms with Crippen LogP contribution in [0.2, 0.25) is 0 Å². The van der Waals surface area contributed by atoms with E-state index in [9.17, 15) is 35.9 Å². The standard InChI is InChI=1S/C25H28F6N4O2/c26-17-3-1-15(2-4-17)10-34-11-16-7-21(33-9-19(16)20(13-34)25(29,30)31)22(36)8-18(32)12-35-14-24(27,28)6-5-23(35)37/h1-4,13,18,21,33H,5-12,14,32H2/t18-,21?/m0/s1. The molecule has 3 N–H and O–H groups in total. The van der Waals surface area contributed by atoms with Gasteiger partial charge in [-0.3, -0.25) is 9.59 Å². The smallest absolute Gasteiger partial charge is 0.369 e. The van der Waals surface area contributed by atoms with Crippen LogP contribution >= 0.6 is 0 Å². The van der Waals surface area contributed by atoms with Gasteiger partial charge in [0, 0.05) is 57.7 Å². The van der Waals surface area contributed by atoms with Gasteiger partial charge < -0.3 is 20.9 Å². The molecule has 6 nitrogen and oxygen atoms in total. The van der Waals surface area contributed by atoms with Gasteiger partial charge in [0.2, 0.25) is 5.91 Å². The number of nitrogens with one attached hydrogen (secondary N) is 1. The molecular formula is C25H28F6N4O2. The molecule has 3 heterocycles. The van der Waals surface area contributed by atoms with E-state index in [1.54, 1.807) is 0 Å². The van der Waals surface area contributed by atoms with Gasteiger partial charge in [0.25, 0.3) is 5.92 Å². The SMILES string of the molecule is N[C@@H](CC(=O)C1CC2=C(CN1)C(C(F)(F)F)=CN(Cc1ccc(F)cc1)C2)CN1CC(F)(F)CCC1=O. The zero-order valence-corrected chi connectivity index (χ0v) is 20.0. The van der Waals surface area contributed by atoms with Crippen molar-refractivity contribution < 1.29 is 35.9 Å². The van der Waals surface area contributed by atoms with Crippen molar-refractivity contribution in [1.29, 1.82) is 0 Å². The number of benzene rings is 1. The highest BCUT2D eigenvalue weighted by molar-refractivity contribution is 5.85. The number of alkyl halides is 5. The molecule has 3 aliphatic heterocycles. The fourth-order valence-corrected chi connectivity index (χ4v) is 5.00. The van der Waals surface area contributed by atoms with Gasteiger partial charge >= 0.3 is 6.18 Å². The van der Waals surface area contributed by atoms with E-state index in [-0.39, 0.29) is 56.8 Å². The highest BCUT2D eigenvalue weighted by atomic mass is 19.4. The molecular weight excluding hydrogens is 502 g/mol. The normalized spacial score (nSPS) is 23.1. The molecule has 1 aromatic carbocycles. The molecule has 0 bridgehead atoms. The summed E-state index contributed by atoms with van der Waals surface area (Å²) in [5, 5.41) is 2.86. The number of likely N-dealkylation sites (tertiary alicyclic amines) is 1. The molecule has 1 saturated heterocycles. The van der Waals surface area contributed by atoms with Gasteiger partial charge in [-0.25, -0.2) is 13.2 Å². The molecule has 0 spiro atoms. The number of rotatable bonds is 7. The van der Waals surface area contributed by atoms with Crippen LogP contribution in [0, 0.1) is 5.82 Å². The third-order valence-corrected chi connectivity index (χ3v) is 6.82. The first-order valence-corrected chi connectivity index (χ1v) is 12.0. The summed E-state index contributed by atoms with van der Waals surface area (Å²) < 4.78 is 82.1. The molecule has 0 aromatic heterocycles. The maximum atomic E-state index is 13.8. The second-order valence-corrected chi connectivity index (χ2v) is 9.85. The lowest BCUT2D eigenvalue weighted by Crippen LogP contribution is -2.52. The Kier molecular flexibility index (Phi) is 7.70. The number of hydrogen-bond acceptors (Lipinski definition) is 5. The maximum absolute atomic E-state index is 13.8. The summed E-state index contributed by atoms with van der Waals surface area (Å²) in [6.07, 6.45) is -4.55. The van der Waals surface area contributed by atoms with E-state index in [4.69, 9.17) is 5.73 Å². The first kappa shape index (κ1) is 27.2. The molecule has 0 saturated carbocycles. The highest BCUT2D eigenvalue weighted by Crippen LogP contribution is 2.38. The molecule has 1 unspecified atom stereocenters. The summed E-state index contributed by atoms with van der Waals surface area (Å²) in [4.78, 5) is 27.3. The van der Waals surface area contributed by atoms with E-state index in [1.165, 1.54) is 29.2 Å². The van der Waals surface area contributed by atoms with Gasteiger partial charge in [0.15, 0.2) is 5.78 Å². The largest absolute Gasteiger partial charge is 0.418 e. The minimum Gasteiger partial charge on any atom is -0.369 e. The molecule has 1 fully saturated rings. The average Bonchev–Trinajstić information content (AvgIpc) is 2.81. The minimum absolute atomic E-state index is 0.0366. The van der Waals surface area contributed by atoms with Crippen LogP contribution in [0.4, 0.5) is 26.3 Å². The summed E-state index contributed by atoms with van der Waals surface area (Å²) >= 11 is 0. The molecule has 0 radical (unpaired) electrons. The molecule has 1 amide bonds. The topological polar surface area (TPSA) is 78.7 Å². The van der Waals surface area contributed by atoms with Gasteiger partial charge in [0.05, 0.1) is 18.2 Å². The number of carbonyl (C=O) groups excluding carboxylic acids is 2. The Balaban J connectivity index is 1.41. The second-order valence-electron chi connectivity index (χ2n) is 9.85. The Labute approximate surface area is 210 Å². The van der Waals surface area contributed by atoms with E-state index in [0.29, 0.717) is 11.1 Å². The number of hydrogen-bond donors (Lipinski definition) is 2. The van der Waals surface area contributed by atoms with E-state index in [1.807, 2.05) is 0 Å². The number of carbonyl (C=O) groups is 2. The van der Waals surface area contributed by atoms with Gasteiger partial charge in [0.1, 0.15) is 5.82 Å². The third kappa shape index (κ3) is 6.72. The Hall–Kier alpha value is -2.86. The third-order valence-electron chi connectivity index (χ3n) is 6.82. The Bertz CT molecular complexity index is 1100. The number of Topliss-reactive ketones (excluding diaryl/α,β-unsaturated/α-hetero) is 1. The summed E-state index contributed by atoms with van der Waals surface area (Å²) in [6.45, 7) is -0.813. The lowest BCUT2D eigenvalue weighted by Gasteiger charge is -2.37. The predicted octanol–water partition coefficient (Wildman–Crippen LogP) is 3.29. The van der Waals surface area contributed by atoms with Crippen LogP contribution in [0.5, 0.6) is 0 Å². The maximum Gasteiger partial charge on any atom is 0.418 e. The monoisotopic (exact) mass is 530 g/mol. The number of amides is 1. The van der Waals surface area contributed by atoms with Gasteiger partial charge in [-0.05, 0) is 35.3 Å². The van der Waals surface area contributed by atoms with E-state index in [2.05, 4.69) is 5.32 Å². The quantitative estimate of drug-likeness (QED) is 0.530. The van der Waals surface area contributed by atoms with Crippen molar-refractivity contribution in [3.8, 4) is 0 Å². The van der Waals surface area contributed by atoms with Crippen molar-refractivity contribution in [2.75, 3.05) is 26.2 Å². The minimum atomic E-state index is -4.61. The lowest BCUT2D eigenvalue weighted by atomic mass is 9.86. The zero-order chi connectivity index (χ0) is 27.0. The Morgan fingerprint density at radius 2 is 1.92 bits per heavy atom. The summed E-state index contributed by atoms with van der Waals surface area (Å²) in [6, 6.07) is 3.80. The molecule has 1 aromatic rings. The van der Waals surface area contributed by atoms with Crippen LogP contribution in [0.15, 0.2) is 47.2 Å². The molecule has 12 heteroatoms. The number of halogens is 6. The average molecular weight is 531 g/mol. The van der Waals surface area contributed by atoms with Crippen molar-refractivity contribution in [2.45, 2.75) is 56.4 Å². The molecule has 37 heavy (non-hydrogen) atoms. The molecule has 4 rings (SSSR count). The van der Waals surface area contributed by atoms with Crippen LogP contribution in [-0.4, -0.2) is 71.9 Å². The van der Waals surface area contributed by atoms with Crippen LogP contribution in [0.25, 0.3) is 0 Å². The summed E-state index contributed by atoms with van der Waals surface area (Å²) in [7, 11) is 0. The zero-order valence-electron chi connectivity index (χ0n) is 20.0. The number of ketones is 1. The molecule has 3 aliphatic rings. The number of piperidine rings is 1. The first-order valence-electron chi connectivity index (χ1n) is 12.0. The van der Waals surface area contributed by atoms with Crippen LogP contribution in [0.1, 0.15) is 31.2 Å². The second kappa shape index (κ2) is 10.5. The van der Waals surface area contributed by atoms with Crippen molar-refractivity contribution in [3.05, 3.63) is 58.6 Å². The van der Waals surface area contributed by atoms with Crippen molar-refractivity contribution in [2.24, 2.45) is 5.73 Å². The fourth-order valence-electron chi connectivity index (χ4n) is 5.00. The Morgan fingerprint density at radius 3 is 2.59 bits per heavy atom. The van der Waals surface area contributed by atoms with Gasteiger partial charge in [-0.2, -0.15) is 13.2 Å². The number of nitrogens with two attached hydrogens (primary N) is 1. The number of nitrogens with zero attached hydrogens (tertiary/aromatic N) is 2. The van der Waals surface area contributed by atoms with Crippen LogP contribution < -0.4 is 11.1 Å².